The lowest BCUT2D eigenvalue weighted by Crippen LogP contribution is -2.42. The lowest BCUT2D eigenvalue weighted by molar-refractivity contribution is -0.151. The third-order valence-corrected chi connectivity index (χ3v) is 6.35. The highest BCUT2D eigenvalue weighted by Gasteiger charge is 2.21. The summed E-state index contributed by atoms with van der Waals surface area (Å²) in [5, 5.41) is 25.2. The molecule has 2 bridgehead atoms. The van der Waals surface area contributed by atoms with Crippen LogP contribution in [0.4, 0.5) is 0 Å². The van der Waals surface area contributed by atoms with E-state index in [0.717, 1.165) is 17.8 Å². The molecule has 0 fully saturated rings. The molecule has 2 rings (SSSR count). The maximum absolute atomic E-state index is 12.3. The molecule has 3 N–H and O–H groups in total. The molecule has 228 valence electrons. The van der Waals surface area contributed by atoms with Crippen LogP contribution in [0, 0.1) is 0 Å². The third kappa shape index (κ3) is 14.5. The lowest BCUT2D eigenvalue weighted by atomic mass is 10.2. The molecule has 1 aromatic rings. The van der Waals surface area contributed by atoms with Crippen molar-refractivity contribution in [2.75, 3.05) is 52.5 Å². The molecule has 1 aromatic heterocycles. The molecule has 14 nitrogen and oxygen atoms in total. The van der Waals surface area contributed by atoms with Crippen molar-refractivity contribution in [1.82, 2.24) is 25.0 Å². The Morgan fingerprint density at radius 2 is 1.78 bits per heavy atom. The number of ether oxygens (including phenoxy) is 1. The summed E-state index contributed by atoms with van der Waals surface area (Å²) in [6.45, 7) is 6.60. The molecule has 0 radical (unpaired) electrons. The zero-order valence-corrected chi connectivity index (χ0v) is 23.7. The molecule has 1 amide bonds. The topological polar surface area (TPSA) is 174 Å². The van der Waals surface area contributed by atoms with E-state index in [1.165, 1.54) is 6.21 Å². The second-order valence-corrected chi connectivity index (χ2v) is 9.76. The molecular weight excluding hydrogens is 536 g/mol. The molecule has 1 unspecified atom stereocenters. The SMILES string of the molecule is CCC/C=N/OC(CCC(=O)NCCCN1CCN(COC=O)Cc2cccc(n2)CN(CC(=O)O)CC1)C(=O)O. The number of hydrogen-bond acceptors (Lipinski definition) is 11. The van der Waals surface area contributed by atoms with Gasteiger partial charge in [-0.1, -0.05) is 24.6 Å². The maximum atomic E-state index is 12.3. The van der Waals surface area contributed by atoms with E-state index in [2.05, 4.69) is 20.4 Å². The highest BCUT2D eigenvalue weighted by molar-refractivity contribution is 5.78. The summed E-state index contributed by atoms with van der Waals surface area (Å²) >= 11 is 0. The van der Waals surface area contributed by atoms with Crippen LogP contribution in [0.2, 0.25) is 0 Å². The van der Waals surface area contributed by atoms with Crippen molar-refractivity contribution in [2.24, 2.45) is 5.16 Å². The summed E-state index contributed by atoms with van der Waals surface area (Å²) in [6, 6.07) is 5.63. The number of nitrogens with zero attached hydrogens (tertiary/aromatic N) is 5. The van der Waals surface area contributed by atoms with Gasteiger partial charge in [-0.3, -0.25) is 29.2 Å². The standard InChI is InChI=1S/C27H42N6O8/c1-2-3-11-29-41-24(27(38)39)8-9-25(35)28-10-5-12-31-13-15-32(19-26(36)37)17-22-6-4-7-23(30-22)18-33(16-14-31)20-40-21-34/h4,6-7,11,21,24H,2-3,5,8-10,12-20H2,1H3,(H,28,35)(H,36,37)(H,38,39)/b29-11+. The summed E-state index contributed by atoms with van der Waals surface area (Å²) in [5.74, 6) is -2.36. The van der Waals surface area contributed by atoms with Gasteiger partial charge in [0.25, 0.3) is 6.47 Å². The monoisotopic (exact) mass is 578 g/mol. The molecule has 0 aromatic carbocycles. The summed E-state index contributed by atoms with van der Waals surface area (Å²) < 4.78 is 5.00. The first-order valence-corrected chi connectivity index (χ1v) is 13.9. The van der Waals surface area contributed by atoms with Crippen LogP contribution in [0.25, 0.3) is 0 Å². The van der Waals surface area contributed by atoms with Gasteiger partial charge in [0, 0.05) is 64.9 Å². The van der Waals surface area contributed by atoms with Gasteiger partial charge in [0.2, 0.25) is 12.0 Å². The Morgan fingerprint density at radius 3 is 2.44 bits per heavy atom. The number of unbranched alkanes of at least 4 members (excludes halogenated alkanes) is 1. The second kappa shape index (κ2) is 19.5. The molecule has 2 heterocycles. The van der Waals surface area contributed by atoms with E-state index in [0.29, 0.717) is 71.7 Å². The maximum Gasteiger partial charge on any atom is 0.347 e. The number of fused-ring (bicyclic) bond motifs is 2. The van der Waals surface area contributed by atoms with Gasteiger partial charge < -0.3 is 30.0 Å². The normalized spacial score (nSPS) is 16.3. The number of carboxylic acid groups (broad SMARTS) is 2. The van der Waals surface area contributed by atoms with Crippen LogP contribution < -0.4 is 5.32 Å². The molecule has 41 heavy (non-hydrogen) atoms. The summed E-state index contributed by atoms with van der Waals surface area (Å²) in [5.41, 5.74) is 1.56. The van der Waals surface area contributed by atoms with Crippen LogP contribution in [-0.2, 0) is 41.8 Å². The molecule has 0 aliphatic carbocycles. The number of carbonyl (C=O) groups is 4. The second-order valence-electron chi connectivity index (χ2n) is 9.76. The van der Waals surface area contributed by atoms with Crippen LogP contribution >= 0.6 is 0 Å². The van der Waals surface area contributed by atoms with Crippen molar-refractivity contribution < 1.29 is 39.0 Å². The Balaban J connectivity index is 1.91. The average molecular weight is 579 g/mol. The fourth-order valence-electron chi connectivity index (χ4n) is 4.20. The zero-order valence-electron chi connectivity index (χ0n) is 23.7. The van der Waals surface area contributed by atoms with Gasteiger partial charge >= 0.3 is 11.9 Å². The number of nitrogens with one attached hydrogen (secondary N) is 1. The van der Waals surface area contributed by atoms with Gasteiger partial charge in [0.15, 0.2) is 0 Å². The molecule has 0 saturated heterocycles. The Kier molecular flexibility index (Phi) is 15.9. The number of oxime groups is 1. The van der Waals surface area contributed by atoms with Crippen molar-refractivity contribution >= 4 is 30.5 Å². The van der Waals surface area contributed by atoms with Crippen LogP contribution in [0.1, 0.15) is 50.4 Å². The van der Waals surface area contributed by atoms with Gasteiger partial charge in [0.1, 0.15) is 6.73 Å². The van der Waals surface area contributed by atoms with Gasteiger partial charge in [-0.25, -0.2) is 4.79 Å². The molecule has 0 spiro atoms. The Hall–Kier alpha value is -3.62. The van der Waals surface area contributed by atoms with E-state index in [9.17, 15) is 29.4 Å². The first-order valence-electron chi connectivity index (χ1n) is 13.9. The number of pyridine rings is 1. The quantitative estimate of drug-likeness (QED) is 0.103. The van der Waals surface area contributed by atoms with Crippen molar-refractivity contribution in [3.8, 4) is 0 Å². The van der Waals surface area contributed by atoms with E-state index in [1.54, 1.807) is 0 Å². The highest BCUT2D eigenvalue weighted by atomic mass is 16.6. The number of aromatic nitrogens is 1. The largest absolute Gasteiger partial charge is 0.480 e. The average Bonchev–Trinajstić information content (AvgIpc) is 2.93. The number of aliphatic carboxylic acids is 2. The number of amides is 1. The summed E-state index contributed by atoms with van der Waals surface area (Å²) in [7, 11) is 0. The minimum absolute atomic E-state index is 0.00573. The fraction of sp³-hybridized carbons (Fsp3) is 0.630. The first kappa shape index (κ1) is 33.6. The van der Waals surface area contributed by atoms with Gasteiger partial charge in [0.05, 0.1) is 17.9 Å². The van der Waals surface area contributed by atoms with Crippen LogP contribution in [0.5, 0.6) is 0 Å². The zero-order chi connectivity index (χ0) is 29.9. The Morgan fingerprint density at radius 1 is 1.10 bits per heavy atom. The molecule has 0 saturated carbocycles. The summed E-state index contributed by atoms with van der Waals surface area (Å²) in [6.07, 6.45) is 2.50. The highest BCUT2D eigenvalue weighted by Crippen LogP contribution is 2.10. The number of carbonyl (C=O) groups excluding carboxylic acids is 2. The van der Waals surface area contributed by atoms with Crippen LogP contribution in [0.3, 0.4) is 0 Å². The van der Waals surface area contributed by atoms with Crippen molar-refractivity contribution in [1.29, 1.82) is 0 Å². The van der Waals surface area contributed by atoms with E-state index >= 15 is 0 Å². The number of rotatable bonds is 17. The van der Waals surface area contributed by atoms with Crippen molar-refractivity contribution in [2.45, 2.75) is 58.2 Å². The fourth-order valence-corrected chi connectivity index (χ4v) is 4.20. The lowest BCUT2D eigenvalue weighted by Gasteiger charge is -2.30. The number of carboxylic acids is 2. The van der Waals surface area contributed by atoms with Gasteiger partial charge in [-0.2, -0.15) is 0 Å². The first-order chi connectivity index (χ1) is 19.8. The van der Waals surface area contributed by atoms with Crippen LogP contribution in [-0.4, -0.2) is 119 Å². The molecule has 1 aliphatic rings. The van der Waals surface area contributed by atoms with Crippen molar-refractivity contribution in [3.63, 3.8) is 0 Å². The smallest absolute Gasteiger partial charge is 0.347 e. The summed E-state index contributed by atoms with van der Waals surface area (Å²) in [4.78, 5) is 61.6. The van der Waals surface area contributed by atoms with Gasteiger partial charge in [-0.05, 0) is 31.5 Å². The molecule has 1 aliphatic heterocycles. The van der Waals surface area contributed by atoms with E-state index in [-0.39, 0.29) is 32.0 Å². The Bertz CT molecular complexity index is 994. The molecule has 1 atom stereocenters. The predicted molar refractivity (Wildman–Crippen MR) is 149 cm³/mol. The molecule has 14 heteroatoms. The molecular formula is C27H42N6O8. The van der Waals surface area contributed by atoms with E-state index in [4.69, 9.17) is 9.57 Å². The minimum atomic E-state index is -1.19. The number of hydrogen-bond donors (Lipinski definition) is 3. The van der Waals surface area contributed by atoms with Crippen molar-refractivity contribution in [3.05, 3.63) is 29.6 Å². The minimum Gasteiger partial charge on any atom is -0.480 e. The van der Waals surface area contributed by atoms with E-state index in [1.807, 2.05) is 34.9 Å². The van der Waals surface area contributed by atoms with Crippen LogP contribution in [0.15, 0.2) is 23.4 Å². The predicted octanol–water partition coefficient (Wildman–Crippen LogP) is 0.759. The van der Waals surface area contributed by atoms with E-state index < -0.39 is 18.0 Å². The Labute approximate surface area is 240 Å². The third-order valence-electron chi connectivity index (χ3n) is 6.35. The van der Waals surface area contributed by atoms with Gasteiger partial charge in [-0.15, -0.1) is 0 Å².